The first-order chi connectivity index (χ1) is 17.5. The van der Waals surface area contributed by atoms with E-state index in [-0.39, 0.29) is 17.6 Å². The van der Waals surface area contributed by atoms with Gasteiger partial charge in [-0.2, -0.15) is 0 Å². The zero-order chi connectivity index (χ0) is 25.5. The van der Waals surface area contributed by atoms with Gasteiger partial charge in [-0.25, -0.2) is 0 Å². The Morgan fingerprint density at radius 1 is 0.917 bits per heavy atom. The Hall–Kier alpha value is -2.74. The molecular weight excluding hydrogens is 450 g/mol. The molecular formula is C29H41N5O2. The third-order valence-corrected chi connectivity index (χ3v) is 7.91. The van der Waals surface area contributed by atoms with E-state index in [0.29, 0.717) is 12.8 Å². The van der Waals surface area contributed by atoms with Gasteiger partial charge in [-0.15, -0.1) is 0 Å². The van der Waals surface area contributed by atoms with Crippen LogP contribution in [0.2, 0.25) is 0 Å². The molecule has 2 aromatic rings. The molecule has 2 aliphatic heterocycles. The maximum atomic E-state index is 13.7. The third kappa shape index (κ3) is 5.80. The van der Waals surface area contributed by atoms with E-state index >= 15 is 0 Å². The lowest BCUT2D eigenvalue weighted by atomic mass is 9.81. The van der Waals surface area contributed by atoms with Gasteiger partial charge in [0.15, 0.2) is 5.78 Å². The number of carbonyl (C=O) groups is 2. The van der Waals surface area contributed by atoms with E-state index in [4.69, 9.17) is 0 Å². The van der Waals surface area contributed by atoms with E-state index < -0.39 is 5.54 Å². The highest BCUT2D eigenvalue weighted by molar-refractivity contribution is 6.03. The van der Waals surface area contributed by atoms with Gasteiger partial charge in [0.25, 0.3) is 0 Å². The monoisotopic (exact) mass is 491 g/mol. The number of nitrogens with zero attached hydrogens (tertiary/aromatic N) is 2. The average Bonchev–Trinajstić information content (AvgIpc) is 2.96. The van der Waals surface area contributed by atoms with E-state index in [1.54, 1.807) is 0 Å². The minimum atomic E-state index is -0.680. The number of rotatable bonds is 9. The number of amides is 1. The number of benzene rings is 2. The lowest BCUT2D eigenvalue weighted by Gasteiger charge is -2.32. The summed E-state index contributed by atoms with van der Waals surface area (Å²) in [5.74, 6) is 0.126. The zero-order valence-electron chi connectivity index (χ0n) is 22.0. The van der Waals surface area contributed by atoms with Crippen LogP contribution in [0.1, 0.15) is 47.7 Å². The lowest BCUT2D eigenvalue weighted by molar-refractivity contribution is -0.133. The second kappa shape index (κ2) is 12.0. The quantitative estimate of drug-likeness (QED) is 0.468. The molecule has 0 spiro atoms. The van der Waals surface area contributed by atoms with Crippen molar-refractivity contribution in [2.24, 2.45) is 0 Å². The molecule has 0 bridgehead atoms. The molecule has 7 nitrogen and oxygen atoms in total. The Morgan fingerprint density at radius 3 is 2.06 bits per heavy atom. The Kier molecular flexibility index (Phi) is 8.77. The van der Waals surface area contributed by atoms with Crippen LogP contribution in [-0.2, 0) is 11.2 Å². The summed E-state index contributed by atoms with van der Waals surface area (Å²) in [6.45, 7) is 11.2. The van der Waals surface area contributed by atoms with Gasteiger partial charge in [-0.1, -0.05) is 31.2 Å². The van der Waals surface area contributed by atoms with Crippen molar-refractivity contribution in [3.05, 3.63) is 65.2 Å². The van der Waals surface area contributed by atoms with Gasteiger partial charge >= 0.3 is 0 Å². The topological polar surface area (TPSA) is 76.7 Å². The van der Waals surface area contributed by atoms with Gasteiger partial charge in [0.05, 0.1) is 11.5 Å². The fourth-order valence-corrected chi connectivity index (χ4v) is 5.34. The number of piperazine rings is 2. The van der Waals surface area contributed by atoms with Crippen LogP contribution >= 0.6 is 0 Å². The average molecular weight is 492 g/mol. The first-order valence-electron chi connectivity index (χ1n) is 13.3. The number of Topliss-reactive ketones (excluding diaryl/α,β-unsaturated/α-hetero) is 1. The van der Waals surface area contributed by atoms with Crippen molar-refractivity contribution >= 4 is 17.4 Å². The number of hydrogen-bond acceptors (Lipinski definition) is 6. The third-order valence-electron chi connectivity index (χ3n) is 7.91. The smallest absolute Gasteiger partial charge is 0.229 e. The number of carbonyl (C=O) groups excluding carboxylic acids is 2. The van der Waals surface area contributed by atoms with E-state index in [9.17, 15) is 9.59 Å². The van der Waals surface area contributed by atoms with Crippen LogP contribution in [0.5, 0.6) is 0 Å². The van der Waals surface area contributed by atoms with Gasteiger partial charge in [-0.3, -0.25) is 9.59 Å². The molecule has 2 aliphatic rings. The van der Waals surface area contributed by atoms with Crippen LogP contribution in [0.3, 0.4) is 0 Å². The summed E-state index contributed by atoms with van der Waals surface area (Å²) in [4.78, 5) is 30.9. The molecule has 0 radical (unpaired) electrons. The standard InChI is InChI=1S/C29H41N5O2/c1-4-29(30-3,27(35)25-9-11-26(12-10-25)33-17-13-31-14-18-33)21-23-5-7-24(8-6-23)22(2)28(36)34-19-15-32-16-20-34/h5-12,22,30-32H,4,13-21H2,1-3H3. The summed E-state index contributed by atoms with van der Waals surface area (Å²) in [5, 5.41) is 10.0. The van der Waals surface area contributed by atoms with E-state index in [1.807, 2.05) is 43.1 Å². The fraction of sp³-hybridized carbons (Fsp3) is 0.517. The molecule has 2 atom stereocenters. The maximum absolute atomic E-state index is 13.7. The van der Waals surface area contributed by atoms with Crippen molar-refractivity contribution in [1.29, 1.82) is 0 Å². The summed E-state index contributed by atoms with van der Waals surface area (Å²) in [7, 11) is 1.87. The lowest BCUT2D eigenvalue weighted by Crippen LogP contribution is -2.51. The first kappa shape index (κ1) is 26.3. The van der Waals surface area contributed by atoms with Gasteiger partial charge in [0, 0.05) is 63.6 Å². The van der Waals surface area contributed by atoms with Crippen molar-refractivity contribution < 1.29 is 9.59 Å². The second-order valence-corrected chi connectivity index (χ2v) is 10.0. The van der Waals surface area contributed by atoms with Gasteiger partial charge in [-0.05, 0) is 62.2 Å². The van der Waals surface area contributed by atoms with E-state index in [0.717, 1.165) is 69.0 Å². The van der Waals surface area contributed by atoms with Gasteiger partial charge in [0.1, 0.15) is 0 Å². The summed E-state index contributed by atoms with van der Waals surface area (Å²) in [5.41, 5.74) is 3.32. The van der Waals surface area contributed by atoms with E-state index in [2.05, 4.69) is 52.0 Å². The summed E-state index contributed by atoms with van der Waals surface area (Å²) in [6, 6.07) is 16.3. The van der Waals surface area contributed by atoms with Crippen molar-refractivity contribution in [2.45, 2.75) is 38.1 Å². The number of hydrogen-bond donors (Lipinski definition) is 3. The normalized spacial score (nSPS) is 19.0. The fourth-order valence-electron chi connectivity index (χ4n) is 5.34. The summed E-state index contributed by atoms with van der Waals surface area (Å²) in [6.07, 6.45) is 1.28. The van der Waals surface area contributed by atoms with Crippen LogP contribution in [0.25, 0.3) is 0 Å². The molecule has 3 N–H and O–H groups in total. The van der Waals surface area contributed by atoms with Gasteiger partial charge < -0.3 is 25.8 Å². The van der Waals surface area contributed by atoms with Crippen LogP contribution < -0.4 is 20.9 Å². The predicted octanol–water partition coefficient (Wildman–Crippen LogP) is 2.43. The highest BCUT2D eigenvalue weighted by atomic mass is 16.2. The maximum Gasteiger partial charge on any atom is 0.229 e. The molecule has 0 aliphatic carbocycles. The zero-order valence-corrected chi connectivity index (χ0v) is 22.0. The molecule has 0 saturated carbocycles. The molecule has 2 heterocycles. The van der Waals surface area contributed by atoms with Crippen LogP contribution in [0.4, 0.5) is 5.69 Å². The molecule has 194 valence electrons. The molecule has 2 aromatic carbocycles. The Bertz CT molecular complexity index is 1000. The molecule has 4 rings (SSSR count). The molecule has 1 amide bonds. The SMILES string of the molecule is CCC(Cc1ccc(C(C)C(=O)N2CCNCC2)cc1)(NC)C(=O)c1ccc(N2CCNCC2)cc1. The van der Waals surface area contributed by atoms with Gasteiger partial charge in [0.2, 0.25) is 5.91 Å². The highest BCUT2D eigenvalue weighted by Crippen LogP contribution is 2.26. The highest BCUT2D eigenvalue weighted by Gasteiger charge is 2.36. The second-order valence-electron chi connectivity index (χ2n) is 10.0. The predicted molar refractivity (Wildman–Crippen MR) is 146 cm³/mol. The van der Waals surface area contributed by atoms with Crippen LogP contribution in [-0.4, -0.2) is 81.5 Å². The van der Waals surface area contributed by atoms with Crippen molar-refractivity contribution in [3.8, 4) is 0 Å². The van der Waals surface area contributed by atoms with Crippen molar-refractivity contribution in [1.82, 2.24) is 20.9 Å². The van der Waals surface area contributed by atoms with Crippen LogP contribution in [0.15, 0.2) is 48.5 Å². The number of anilines is 1. The largest absolute Gasteiger partial charge is 0.369 e. The molecule has 7 heteroatoms. The minimum absolute atomic E-state index is 0.116. The number of ketones is 1. The van der Waals surface area contributed by atoms with E-state index in [1.165, 1.54) is 5.69 Å². The molecule has 2 fully saturated rings. The first-order valence-corrected chi connectivity index (χ1v) is 13.3. The Balaban J connectivity index is 1.45. The number of nitrogens with one attached hydrogen (secondary N) is 3. The number of likely N-dealkylation sites (N-methyl/N-ethyl adjacent to an activating group) is 1. The molecule has 2 saturated heterocycles. The minimum Gasteiger partial charge on any atom is -0.369 e. The molecule has 0 aromatic heterocycles. The Morgan fingerprint density at radius 2 is 1.50 bits per heavy atom. The summed E-state index contributed by atoms with van der Waals surface area (Å²) >= 11 is 0. The summed E-state index contributed by atoms with van der Waals surface area (Å²) < 4.78 is 0. The van der Waals surface area contributed by atoms with Crippen molar-refractivity contribution in [2.75, 3.05) is 64.3 Å². The molecule has 36 heavy (non-hydrogen) atoms. The Labute approximate surface area is 215 Å². The van der Waals surface area contributed by atoms with Crippen molar-refractivity contribution in [3.63, 3.8) is 0 Å². The van der Waals surface area contributed by atoms with Crippen LogP contribution in [0, 0.1) is 0 Å². The molecule has 2 unspecified atom stereocenters.